The lowest BCUT2D eigenvalue weighted by molar-refractivity contribution is -0.125. The van der Waals surface area contributed by atoms with E-state index in [4.69, 9.17) is 0 Å². The maximum absolute atomic E-state index is 12.7. The zero-order valence-corrected chi connectivity index (χ0v) is 16.9. The molecule has 1 amide bonds. The van der Waals surface area contributed by atoms with Gasteiger partial charge in [0.25, 0.3) is 5.56 Å². The standard InChI is InChI=1S/C21H21BrN4O2/c22-16-7-3-5-14(11-16)12-23-20(27)15-6-4-10-26(13-15)19-21(28)25-18-9-2-1-8-17(18)24-19/h1-3,5,7-9,11,15H,4,6,10,12-13H2,(H,23,27)(H,25,28)/t15-/m0/s1. The molecule has 3 aromatic rings. The highest BCUT2D eigenvalue weighted by molar-refractivity contribution is 9.10. The lowest BCUT2D eigenvalue weighted by Crippen LogP contribution is -2.44. The summed E-state index contributed by atoms with van der Waals surface area (Å²) in [5.41, 5.74) is 2.30. The summed E-state index contributed by atoms with van der Waals surface area (Å²) in [4.78, 5) is 34.5. The minimum Gasteiger partial charge on any atom is -0.352 e. The number of para-hydroxylation sites is 2. The highest BCUT2D eigenvalue weighted by atomic mass is 79.9. The Labute approximate surface area is 171 Å². The van der Waals surface area contributed by atoms with Gasteiger partial charge in [-0.3, -0.25) is 9.59 Å². The first-order valence-electron chi connectivity index (χ1n) is 9.36. The molecule has 6 nitrogen and oxygen atoms in total. The van der Waals surface area contributed by atoms with Crippen LogP contribution in [-0.4, -0.2) is 29.0 Å². The van der Waals surface area contributed by atoms with Crippen LogP contribution in [0.5, 0.6) is 0 Å². The van der Waals surface area contributed by atoms with Gasteiger partial charge in [-0.2, -0.15) is 0 Å². The second-order valence-corrected chi connectivity index (χ2v) is 7.96. The monoisotopic (exact) mass is 440 g/mol. The number of hydrogen-bond donors (Lipinski definition) is 2. The molecular weight excluding hydrogens is 420 g/mol. The first kappa shape index (κ1) is 18.7. The summed E-state index contributed by atoms with van der Waals surface area (Å²) in [6.07, 6.45) is 1.66. The third kappa shape index (κ3) is 4.09. The second kappa shape index (κ2) is 8.14. The molecule has 144 valence electrons. The number of aromatic amines is 1. The summed E-state index contributed by atoms with van der Waals surface area (Å²) in [6, 6.07) is 15.4. The minimum atomic E-state index is -0.214. The second-order valence-electron chi connectivity index (χ2n) is 7.04. The first-order valence-corrected chi connectivity index (χ1v) is 10.2. The predicted molar refractivity (Wildman–Crippen MR) is 113 cm³/mol. The number of H-pyrrole nitrogens is 1. The molecular formula is C21H21BrN4O2. The number of nitrogens with one attached hydrogen (secondary N) is 2. The van der Waals surface area contributed by atoms with E-state index < -0.39 is 0 Å². The maximum atomic E-state index is 12.7. The lowest BCUT2D eigenvalue weighted by atomic mass is 9.97. The molecule has 0 aliphatic carbocycles. The first-order chi connectivity index (χ1) is 13.6. The minimum absolute atomic E-state index is 0.0156. The van der Waals surface area contributed by atoms with Gasteiger partial charge in [0.05, 0.1) is 17.0 Å². The van der Waals surface area contributed by atoms with Gasteiger partial charge >= 0.3 is 0 Å². The molecule has 2 aromatic carbocycles. The average Bonchev–Trinajstić information content (AvgIpc) is 2.71. The van der Waals surface area contributed by atoms with Crippen molar-refractivity contribution >= 4 is 38.7 Å². The van der Waals surface area contributed by atoms with Crippen molar-refractivity contribution in [2.45, 2.75) is 19.4 Å². The van der Waals surface area contributed by atoms with Gasteiger partial charge in [0.2, 0.25) is 5.91 Å². The fourth-order valence-electron chi connectivity index (χ4n) is 3.60. The average molecular weight is 441 g/mol. The van der Waals surface area contributed by atoms with Crippen molar-refractivity contribution in [3.63, 3.8) is 0 Å². The molecule has 28 heavy (non-hydrogen) atoms. The van der Waals surface area contributed by atoms with Gasteiger partial charge in [-0.15, -0.1) is 0 Å². The molecule has 0 spiro atoms. The lowest BCUT2D eigenvalue weighted by Gasteiger charge is -2.32. The van der Waals surface area contributed by atoms with Crippen LogP contribution >= 0.6 is 15.9 Å². The number of anilines is 1. The molecule has 2 N–H and O–H groups in total. The Balaban J connectivity index is 1.46. The van der Waals surface area contributed by atoms with E-state index in [0.717, 1.165) is 40.5 Å². The Kier molecular flexibility index (Phi) is 5.43. The van der Waals surface area contributed by atoms with Crippen LogP contribution in [0.1, 0.15) is 18.4 Å². The van der Waals surface area contributed by atoms with Crippen molar-refractivity contribution in [1.82, 2.24) is 15.3 Å². The number of carbonyl (C=O) groups excluding carboxylic acids is 1. The number of piperidine rings is 1. The molecule has 1 atom stereocenters. The Bertz CT molecular complexity index is 1070. The molecule has 1 fully saturated rings. The molecule has 0 unspecified atom stereocenters. The van der Waals surface area contributed by atoms with Crippen molar-refractivity contribution in [1.29, 1.82) is 0 Å². The summed E-state index contributed by atoms with van der Waals surface area (Å²) < 4.78 is 0.990. The summed E-state index contributed by atoms with van der Waals surface area (Å²) in [6.45, 7) is 1.71. The zero-order valence-electron chi connectivity index (χ0n) is 15.3. The van der Waals surface area contributed by atoms with Crippen LogP contribution in [-0.2, 0) is 11.3 Å². The number of nitrogens with zero attached hydrogens (tertiary/aromatic N) is 2. The van der Waals surface area contributed by atoms with E-state index in [1.165, 1.54) is 0 Å². The van der Waals surface area contributed by atoms with E-state index in [1.807, 2.05) is 53.4 Å². The van der Waals surface area contributed by atoms with E-state index in [1.54, 1.807) is 0 Å². The predicted octanol–water partition coefficient (Wildman–Crippen LogP) is 3.22. The van der Waals surface area contributed by atoms with Gasteiger partial charge in [0, 0.05) is 24.1 Å². The Hall–Kier alpha value is -2.67. The number of amides is 1. The number of carbonyl (C=O) groups is 1. The van der Waals surface area contributed by atoms with Crippen LogP contribution in [0.3, 0.4) is 0 Å². The van der Waals surface area contributed by atoms with E-state index >= 15 is 0 Å². The Morgan fingerprint density at radius 2 is 2.11 bits per heavy atom. The zero-order chi connectivity index (χ0) is 19.5. The summed E-state index contributed by atoms with van der Waals surface area (Å²) in [7, 11) is 0. The number of aromatic nitrogens is 2. The van der Waals surface area contributed by atoms with Crippen LogP contribution in [0.25, 0.3) is 11.0 Å². The van der Waals surface area contributed by atoms with Crippen molar-refractivity contribution in [3.8, 4) is 0 Å². The molecule has 0 radical (unpaired) electrons. The summed E-state index contributed by atoms with van der Waals surface area (Å²) in [5.74, 6) is 0.249. The highest BCUT2D eigenvalue weighted by Crippen LogP contribution is 2.21. The summed E-state index contributed by atoms with van der Waals surface area (Å²) >= 11 is 3.44. The molecule has 0 bridgehead atoms. The Morgan fingerprint density at radius 3 is 2.96 bits per heavy atom. The highest BCUT2D eigenvalue weighted by Gasteiger charge is 2.27. The number of benzene rings is 2. The largest absolute Gasteiger partial charge is 0.352 e. The maximum Gasteiger partial charge on any atom is 0.291 e. The molecule has 2 heterocycles. The van der Waals surface area contributed by atoms with Crippen molar-refractivity contribution in [3.05, 3.63) is 68.9 Å². The van der Waals surface area contributed by atoms with Gasteiger partial charge in [-0.05, 0) is 42.7 Å². The van der Waals surface area contributed by atoms with Crippen LogP contribution < -0.4 is 15.8 Å². The molecule has 1 saturated heterocycles. The normalized spacial score (nSPS) is 16.9. The fourth-order valence-corrected chi connectivity index (χ4v) is 4.04. The third-order valence-corrected chi connectivity index (χ3v) is 5.52. The van der Waals surface area contributed by atoms with Gasteiger partial charge < -0.3 is 15.2 Å². The number of halogens is 1. The molecule has 1 aliphatic rings. The van der Waals surface area contributed by atoms with Gasteiger partial charge in [0.1, 0.15) is 0 Å². The van der Waals surface area contributed by atoms with Crippen LogP contribution in [0.2, 0.25) is 0 Å². The molecule has 4 rings (SSSR count). The van der Waals surface area contributed by atoms with E-state index in [9.17, 15) is 9.59 Å². The molecule has 0 saturated carbocycles. The van der Waals surface area contributed by atoms with Crippen molar-refractivity contribution in [2.24, 2.45) is 5.92 Å². The van der Waals surface area contributed by atoms with Gasteiger partial charge in [-0.1, -0.05) is 40.2 Å². The SMILES string of the molecule is O=C(NCc1cccc(Br)c1)[C@H]1CCCN(c2nc3ccccc3[nH]c2=O)C1. The van der Waals surface area contributed by atoms with E-state index in [0.29, 0.717) is 18.9 Å². The topological polar surface area (TPSA) is 78.1 Å². The third-order valence-electron chi connectivity index (χ3n) is 5.03. The van der Waals surface area contributed by atoms with Crippen LogP contribution in [0.4, 0.5) is 5.82 Å². The van der Waals surface area contributed by atoms with E-state index in [-0.39, 0.29) is 17.4 Å². The smallest absolute Gasteiger partial charge is 0.291 e. The van der Waals surface area contributed by atoms with Crippen molar-refractivity contribution in [2.75, 3.05) is 18.0 Å². The number of fused-ring (bicyclic) bond motifs is 1. The van der Waals surface area contributed by atoms with E-state index in [2.05, 4.69) is 31.2 Å². The Morgan fingerprint density at radius 1 is 1.25 bits per heavy atom. The molecule has 1 aliphatic heterocycles. The van der Waals surface area contributed by atoms with Gasteiger partial charge in [-0.25, -0.2) is 4.98 Å². The van der Waals surface area contributed by atoms with Crippen LogP contribution in [0.15, 0.2) is 57.8 Å². The van der Waals surface area contributed by atoms with Crippen molar-refractivity contribution < 1.29 is 4.79 Å². The molecule has 1 aromatic heterocycles. The summed E-state index contributed by atoms with van der Waals surface area (Å²) in [5, 5.41) is 3.02. The van der Waals surface area contributed by atoms with Crippen LogP contribution in [0, 0.1) is 5.92 Å². The molecule has 7 heteroatoms. The quantitative estimate of drug-likeness (QED) is 0.652. The fraction of sp³-hybridized carbons (Fsp3) is 0.286. The number of rotatable bonds is 4. The number of hydrogen-bond acceptors (Lipinski definition) is 4. The van der Waals surface area contributed by atoms with Gasteiger partial charge in [0.15, 0.2) is 5.82 Å².